The Balaban J connectivity index is 1.11. The lowest BCUT2D eigenvalue weighted by atomic mass is 10.1. The van der Waals surface area contributed by atoms with E-state index < -0.39 is 5.82 Å². The Bertz CT molecular complexity index is 1190. The topological polar surface area (TPSA) is 87.7 Å². The number of hydrogen-bond acceptors (Lipinski definition) is 6. The normalized spacial score (nSPS) is 19.6. The number of ether oxygens (including phenoxy) is 1. The van der Waals surface area contributed by atoms with Crippen molar-refractivity contribution in [3.05, 3.63) is 78.2 Å². The predicted octanol–water partition coefficient (Wildman–Crippen LogP) is 3.37. The molecule has 2 aliphatic heterocycles. The van der Waals surface area contributed by atoms with Crippen LogP contribution in [0.5, 0.6) is 5.75 Å². The average Bonchev–Trinajstić information content (AvgIpc) is 3.56. The third-order valence-electron chi connectivity index (χ3n) is 6.40. The van der Waals surface area contributed by atoms with Gasteiger partial charge in [-0.05, 0) is 55.0 Å². The van der Waals surface area contributed by atoms with Gasteiger partial charge in [-0.2, -0.15) is 5.10 Å². The van der Waals surface area contributed by atoms with Crippen molar-refractivity contribution < 1.29 is 18.7 Å². The van der Waals surface area contributed by atoms with E-state index in [-0.39, 0.29) is 29.4 Å². The predicted molar refractivity (Wildman–Crippen MR) is 129 cm³/mol. The van der Waals surface area contributed by atoms with E-state index in [2.05, 4.69) is 20.4 Å². The highest BCUT2D eigenvalue weighted by Gasteiger charge is 2.30. The van der Waals surface area contributed by atoms with Gasteiger partial charge in [-0.15, -0.1) is 5.10 Å². The van der Waals surface area contributed by atoms with Gasteiger partial charge in [-0.3, -0.25) is 9.59 Å². The van der Waals surface area contributed by atoms with Gasteiger partial charge in [0.25, 0.3) is 5.91 Å². The van der Waals surface area contributed by atoms with Crippen molar-refractivity contribution in [3.8, 4) is 5.75 Å². The number of halogens is 1. The van der Waals surface area contributed by atoms with Crippen molar-refractivity contribution >= 4 is 23.3 Å². The number of aromatic nitrogens is 2. The average molecular weight is 476 g/mol. The molecule has 0 radical (unpaired) electrons. The number of carbonyl (C=O) groups excluding carboxylic acids is 2. The summed E-state index contributed by atoms with van der Waals surface area (Å²) < 4.78 is 20.0. The molecule has 8 nitrogen and oxygen atoms in total. The standard InChI is InChI=1S/C26H26FN5O3/c27-23-5-2-1-4-22(23)26(34)32-15-12-21(17-32)35-20-9-7-19(8-10-20)29-25(33)18-11-14-31(16-18)24-6-3-13-28-30-24/h1-10,13,18,21H,11-12,14-17H2,(H,29,33)/t18?,21-/m0/s1. The van der Waals surface area contributed by atoms with E-state index in [0.29, 0.717) is 37.5 Å². The molecule has 2 atom stereocenters. The van der Waals surface area contributed by atoms with Gasteiger partial charge in [-0.1, -0.05) is 12.1 Å². The summed E-state index contributed by atoms with van der Waals surface area (Å²) in [4.78, 5) is 29.0. The molecule has 180 valence electrons. The quantitative estimate of drug-likeness (QED) is 0.588. The Morgan fingerprint density at radius 2 is 1.80 bits per heavy atom. The Labute approximate surface area is 202 Å². The Morgan fingerprint density at radius 3 is 2.57 bits per heavy atom. The first kappa shape index (κ1) is 22.8. The maximum Gasteiger partial charge on any atom is 0.256 e. The maximum absolute atomic E-state index is 13.9. The van der Waals surface area contributed by atoms with Gasteiger partial charge in [0, 0.05) is 37.9 Å². The van der Waals surface area contributed by atoms with Gasteiger partial charge >= 0.3 is 0 Å². The van der Waals surface area contributed by atoms with Crippen LogP contribution in [0.1, 0.15) is 23.2 Å². The second-order valence-corrected chi connectivity index (χ2v) is 8.79. The highest BCUT2D eigenvalue weighted by atomic mass is 19.1. The summed E-state index contributed by atoms with van der Waals surface area (Å²) >= 11 is 0. The van der Waals surface area contributed by atoms with Crippen LogP contribution in [0.15, 0.2) is 66.9 Å². The van der Waals surface area contributed by atoms with Gasteiger partial charge in [0.1, 0.15) is 17.7 Å². The van der Waals surface area contributed by atoms with Crippen molar-refractivity contribution in [2.45, 2.75) is 18.9 Å². The van der Waals surface area contributed by atoms with E-state index in [1.807, 2.05) is 12.1 Å². The zero-order chi connectivity index (χ0) is 24.2. The van der Waals surface area contributed by atoms with Crippen molar-refractivity contribution in [1.29, 1.82) is 0 Å². The minimum atomic E-state index is -0.515. The molecule has 1 unspecified atom stereocenters. The molecule has 0 aliphatic carbocycles. The highest BCUT2D eigenvalue weighted by Crippen LogP contribution is 2.25. The molecular formula is C26H26FN5O3. The van der Waals surface area contributed by atoms with Crippen LogP contribution in [0.4, 0.5) is 15.9 Å². The molecule has 3 heterocycles. The van der Waals surface area contributed by atoms with Gasteiger partial charge in [-0.25, -0.2) is 4.39 Å². The Morgan fingerprint density at radius 1 is 0.971 bits per heavy atom. The molecule has 2 fully saturated rings. The lowest BCUT2D eigenvalue weighted by Crippen LogP contribution is -2.31. The molecule has 35 heavy (non-hydrogen) atoms. The molecule has 3 aromatic rings. The second kappa shape index (κ2) is 10.1. The lowest BCUT2D eigenvalue weighted by molar-refractivity contribution is -0.119. The number of hydrogen-bond donors (Lipinski definition) is 1. The van der Waals surface area contributed by atoms with Crippen LogP contribution < -0.4 is 15.0 Å². The molecule has 2 aliphatic rings. The van der Waals surface area contributed by atoms with Gasteiger partial charge in [0.2, 0.25) is 5.91 Å². The van der Waals surface area contributed by atoms with E-state index in [4.69, 9.17) is 4.74 Å². The molecule has 0 spiro atoms. The molecule has 1 aromatic heterocycles. The fourth-order valence-electron chi connectivity index (χ4n) is 4.51. The van der Waals surface area contributed by atoms with E-state index >= 15 is 0 Å². The summed E-state index contributed by atoms with van der Waals surface area (Å²) in [5, 5.41) is 11.0. The summed E-state index contributed by atoms with van der Waals surface area (Å²) in [5.41, 5.74) is 0.776. The van der Waals surface area contributed by atoms with Crippen LogP contribution in [0.2, 0.25) is 0 Å². The number of anilines is 2. The number of nitrogens with one attached hydrogen (secondary N) is 1. The minimum absolute atomic E-state index is 0.0249. The first-order chi connectivity index (χ1) is 17.1. The first-order valence-electron chi connectivity index (χ1n) is 11.7. The third-order valence-corrected chi connectivity index (χ3v) is 6.40. The molecule has 2 aromatic carbocycles. The van der Waals surface area contributed by atoms with Crippen LogP contribution in [-0.4, -0.2) is 59.2 Å². The molecular weight excluding hydrogens is 449 g/mol. The lowest BCUT2D eigenvalue weighted by Gasteiger charge is -2.18. The first-order valence-corrected chi connectivity index (χ1v) is 11.7. The molecule has 0 saturated carbocycles. The summed E-state index contributed by atoms with van der Waals surface area (Å²) in [6, 6.07) is 17.0. The van der Waals surface area contributed by atoms with Crippen molar-refractivity contribution in [2.24, 2.45) is 5.92 Å². The van der Waals surface area contributed by atoms with E-state index in [0.717, 1.165) is 18.8 Å². The van der Waals surface area contributed by atoms with E-state index in [9.17, 15) is 14.0 Å². The number of nitrogens with zero attached hydrogens (tertiary/aromatic N) is 4. The van der Waals surface area contributed by atoms with Crippen molar-refractivity contribution in [3.63, 3.8) is 0 Å². The largest absolute Gasteiger partial charge is 0.489 e. The van der Waals surface area contributed by atoms with Crippen LogP contribution in [0, 0.1) is 11.7 Å². The number of amides is 2. The van der Waals surface area contributed by atoms with Crippen LogP contribution >= 0.6 is 0 Å². The minimum Gasteiger partial charge on any atom is -0.489 e. The Kier molecular flexibility index (Phi) is 6.56. The summed E-state index contributed by atoms with van der Waals surface area (Å²) in [7, 11) is 0. The van der Waals surface area contributed by atoms with Crippen molar-refractivity contribution in [1.82, 2.24) is 15.1 Å². The molecule has 1 N–H and O–H groups in total. The Hall–Kier alpha value is -4.01. The zero-order valence-corrected chi connectivity index (χ0v) is 19.1. The number of carbonyl (C=O) groups is 2. The fraction of sp³-hybridized carbons (Fsp3) is 0.308. The second-order valence-electron chi connectivity index (χ2n) is 8.79. The summed E-state index contributed by atoms with van der Waals surface area (Å²) in [6.07, 6.45) is 2.89. The third kappa shape index (κ3) is 5.24. The number of benzene rings is 2. The van der Waals surface area contributed by atoms with Gasteiger partial charge in [0.05, 0.1) is 18.0 Å². The molecule has 2 amide bonds. The van der Waals surface area contributed by atoms with Crippen LogP contribution in [0.25, 0.3) is 0 Å². The SMILES string of the molecule is O=C(Nc1ccc(O[C@H]2CCN(C(=O)c3ccccc3F)C2)cc1)C1CCN(c2cccnn2)C1. The van der Waals surface area contributed by atoms with E-state index in [1.165, 1.54) is 12.1 Å². The molecule has 2 saturated heterocycles. The highest BCUT2D eigenvalue weighted by molar-refractivity contribution is 5.95. The summed E-state index contributed by atoms with van der Waals surface area (Å²) in [6.45, 7) is 2.28. The van der Waals surface area contributed by atoms with Crippen molar-refractivity contribution in [2.75, 3.05) is 36.4 Å². The van der Waals surface area contributed by atoms with Gasteiger partial charge in [0.15, 0.2) is 5.82 Å². The van der Waals surface area contributed by atoms with Gasteiger partial charge < -0.3 is 19.9 Å². The smallest absolute Gasteiger partial charge is 0.256 e. The zero-order valence-electron chi connectivity index (χ0n) is 19.1. The summed E-state index contributed by atoms with van der Waals surface area (Å²) in [5.74, 6) is 0.455. The fourth-order valence-corrected chi connectivity index (χ4v) is 4.51. The number of rotatable bonds is 6. The molecule has 9 heteroatoms. The maximum atomic E-state index is 13.9. The molecule has 5 rings (SSSR count). The number of likely N-dealkylation sites (tertiary alicyclic amines) is 1. The van der Waals surface area contributed by atoms with Crippen LogP contribution in [-0.2, 0) is 4.79 Å². The monoisotopic (exact) mass is 475 g/mol. The van der Waals surface area contributed by atoms with Crippen LogP contribution in [0.3, 0.4) is 0 Å². The molecule has 0 bridgehead atoms. The van der Waals surface area contributed by atoms with E-state index in [1.54, 1.807) is 47.5 Å².